The molecule has 2 aromatic rings. The number of methoxy groups -OCH3 is 1. The molecule has 0 saturated heterocycles. The molecule has 0 aromatic heterocycles. The molecular formula is C22H24Cl2IN3O4. The summed E-state index contributed by atoms with van der Waals surface area (Å²) in [6, 6.07) is 7.33. The van der Waals surface area contributed by atoms with E-state index in [0.717, 1.165) is 3.57 Å². The predicted octanol–water partition coefficient (Wildman–Crippen LogP) is 4.91. The molecule has 10 heteroatoms. The Bertz CT molecular complexity index is 1010. The van der Waals surface area contributed by atoms with E-state index in [-0.39, 0.29) is 16.5 Å². The standard InChI is InChI=1S/C22H24Cl2IN3O4/c1-5-32-20-17(25)8-13(9-18(20)31-4)11-26-28-22(30)19(12(2)3)27-21(29)15-7-6-14(23)10-16(15)24/h6-12,19H,5H2,1-4H3,(H,27,29)(H,28,30)/b26-11+. The number of halogens is 3. The molecule has 2 N–H and O–H groups in total. The number of carbonyl (C=O) groups is 2. The first-order chi connectivity index (χ1) is 15.2. The van der Waals surface area contributed by atoms with Crippen molar-refractivity contribution in [2.24, 2.45) is 11.0 Å². The minimum Gasteiger partial charge on any atom is -0.493 e. The lowest BCUT2D eigenvalue weighted by Crippen LogP contribution is -2.48. The van der Waals surface area contributed by atoms with Crippen LogP contribution < -0.4 is 20.2 Å². The van der Waals surface area contributed by atoms with E-state index in [9.17, 15) is 9.59 Å². The fourth-order valence-electron chi connectivity index (χ4n) is 2.77. The first-order valence-electron chi connectivity index (χ1n) is 9.77. The van der Waals surface area contributed by atoms with E-state index < -0.39 is 17.9 Å². The summed E-state index contributed by atoms with van der Waals surface area (Å²) in [5.74, 6) is 0.100. The van der Waals surface area contributed by atoms with Crippen molar-refractivity contribution in [3.05, 3.63) is 55.1 Å². The van der Waals surface area contributed by atoms with Crippen LogP contribution in [-0.2, 0) is 4.79 Å². The molecular weight excluding hydrogens is 568 g/mol. The zero-order chi connectivity index (χ0) is 23.8. The molecule has 0 bridgehead atoms. The van der Waals surface area contributed by atoms with Gasteiger partial charge in [-0.1, -0.05) is 37.0 Å². The number of benzene rings is 2. The van der Waals surface area contributed by atoms with Crippen molar-refractivity contribution < 1.29 is 19.1 Å². The topological polar surface area (TPSA) is 89.0 Å². The molecule has 2 rings (SSSR count). The summed E-state index contributed by atoms with van der Waals surface area (Å²) in [6.45, 7) is 6.04. The fourth-order valence-corrected chi connectivity index (χ4v) is 4.04. The third kappa shape index (κ3) is 6.98. The highest BCUT2D eigenvalue weighted by molar-refractivity contribution is 14.1. The van der Waals surface area contributed by atoms with Gasteiger partial charge in [0.1, 0.15) is 6.04 Å². The summed E-state index contributed by atoms with van der Waals surface area (Å²) in [4.78, 5) is 25.3. The van der Waals surface area contributed by atoms with Gasteiger partial charge in [-0.15, -0.1) is 0 Å². The number of hydrogen-bond donors (Lipinski definition) is 2. The molecule has 1 unspecified atom stereocenters. The van der Waals surface area contributed by atoms with Crippen molar-refractivity contribution >= 4 is 63.8 Å². The van der Waals surface area contributed by atoms with Gasteiger partial charge in [0, 0.05) is 5.02 Å². The molecule has 172 valence electrons. The Morgan fingerprint density at radius 2 is 1.94 bits per heavy atom. The third-order valence-electron chi connectivity index (χ3n) is 4.34. The molecule has 2 amide bonds. The number of hydrazone groups is 1. The van der Waals surface area contributed by atoms with Gasteiger partial charge in [0.2, 0.25) is 0 Å². The van der Waals surface area contributed by atoms with E-state index in [2.05, 4.69) is 38.4 Å². The van der Waals surface area contributed by atoms with Gasteiger partial charge in [-0.25, -0.2) is 5.43 Å². The highest BCUT2D eigenvalue weighted by Crippen LogP contribution is 2.33. The molecule has 0 aliphatic heterocycles. The smallest absolute Gasteiger partial charge is 0.262 e. The zero-order valence-corrected chi connectivity index (χ0v) is 21.7. The van der Waals surface area contributed by atoms with Crippen LogP contribution in [0.25, 0.3) is 0 Å². The molecule has 0 spiro atoms. The Morgan fingerprint density at radius 1 is 1.22 bits per heavy atom. The first-order valence-corrected chi connectivity index (χ1v) is 11.6. The average Bonchev–Trinajstić information content (AvgIpc) is 2.73. The lowest BCUT2D eigenvalue weighted by Gasteiger charge is -2.20. The quantitative estimate of drug-likeness (QED) is 0.246. The van der Waals surface area contributed by atoms with Crippen molar-refractivity contribution in [2.45, 2.75) is 26.8 Å². The minimum atomic E-state index is -0.818. The largest absolute Gasteiger partial charge is 0.493 e. The number of nitrogens with zero attached hydrogens (tertiary/aromatic N) is 1. The molecule has 0 fully saturated rings. The molecule has 0 radical (unpaired) electrons. The van der Waals surface area contributed by atoms with Crippen LogP contribution in [0.4, 0.5) is 0 Å². The number of rotatable bonds is 9. The highest BCUT2D eigenvalue weighted by atomic mass is 127. The van der Waals surface area contributed by atoms with Gasteiger partial charge >= 0.3 is 0 Å². The van der Waals surface area contributed by atoms with Gasteiger partial charge in [0.15, 0.2) is 11.5 Å². The summed E-state index contributed by atoms with van der Waals surface area (Å²) >= 11 is 14.1. The van der Waals surface area contributed by atoms with Crippen LogP contribution in [0, 0.1) is 9.49 Å². The Hall–Kier alpha value is -2.04. The van der Waals surface area contributed by atoms with Gasteiger partial charge in [-0.3, -0.25) is 9.59 Å². The van der Waals surface area contributed by atoms with E-state index in [4.69, 9.17) is 32.7 Å². The molecule has 0 aliphatic rings. The monoisotopic (exact) mass is 591 g/mol. The number of nitrogens with one attached hydrogen (secondary N) is 2. The summed E-state index contributed by atoms with van der Waals surface area (Å²) in [5, 5.41) is 7.35. The van der Waals surface area contributed by atoms with Crippen molar-refractivity contribution in [2.75, 3.05) is 13.7 Å². The Kier molecular flexibility index (Phi) is 10.0. The van der Waals surface area contributed by atoms with Gasteiger partial charge in [-0.2, -0.15) is 5.10 Å². The lowest BCUT2D eigenvalue weighted by atomic mass is 10.0. The van der Waals surface area contributed by atoms with Crippen LogP contribution in [0.15, 0.2) is 35.4 Å². The predicted molar refractivity (Wildman–Crippen MR) is 135 cm³/mol. The van der Waals surface area contributed by atoms with E-state index in [1.54, 1.807) is 19.2 Å². The number of hydrogen-bond acceptors (Lipinski definition) is 5. The molecule has 7 nitrogen and oxygen atoms in total. The molecule has 1 atom stereocenters. The van der Waals surface area contributed by atoms with Crippen LogP contribution >= 0.6 is 45.8 Å². The second-order valence-corrected chi connectivity index (χ2v) is 9.03. The second kappa shape index (κ2) is 12.3. The SMILES string of the molecule is CCOc1c(I)cc(/C=N/NC(=O)C(NC(=O)c2ccc(Cl)cc2Cl)C(C)C)cc1OC. The Labute approximate surface area is 211 Å². The summed E-state index contributed by atoms with van der Waals surface area (Å²) < 4.78 is 11.8. The maximum Gasteiger partial charge on any atom is 0.262 e. The summed E-state index contributed by atoms with van der Waals surface area (Å²) in [7, 11) is 1.56. The lowest BCUT2D eigenvalue weighted by molar-refractivity contribution is -0.123. The Morgan fingerprint density at radius 3 is 2.53 bits per heavy atom. The van der Waals surface area contributed by atoms with Gasteiger partial charge in [-0.05, 0) is 71.3 Å². The summed E-state index contributed by atoms with van der Waals surface area (Å²) in [6.07, 6.45) is 1.49. The number of carbonyl (C=O) groups excluding carboxylic acids is 2. The second-order valence-electron chi connectivity index (χ2n) is 7.02. The van der Waals surface area contributed by atoms with E-state index in [0.29, 0.717) is 28.7 Å². The maximum absolute atomic E-state index is 12.7. The molecule has 32 heavy (non-hydrogen) atoms. The van der Waals surface area contributed by atoms with Crippen molar-refractivity contribution in [3.63, 3.8) is 0 Å². The van der Waals surface area contributed by atoms with E-state index in [1.165, 1.54) is 18.3 Å². The molecule has 0 saturated carbocycles. The molecule has 2 aromatic carbocycles. The van der Waals surface area contributed by atoms with Crippen LogP contribution in [0.3, 0.4) is 0 Å². The van der Waals surface area contributed by atoms with Crippen molar-refractivity contribution in [3.8, 4) is 11.5 Å². The maximum atomic E-state index is 12.7. The van der Waals surface area contributed by atoms with Crippen LogP contribution in [0.2, 0.25) is 10.0 Å². The van der Waals surface area contributed by atoms with Crippen LogP contribution in [0.5, 0.6) is 11.5 Å². The van der Waals surface area contributed by atoms with Gasteiger partial charge < -0.3 is 14.8 Å². The highest BCUT2D eigenvalue weighted by Gasteiger charge is 2.25. The zero-order valence-electron chi connectivity index (χ0n) is 18.0. The van der Waals surface area contributed by atoms with E-state index >= 15 is 0 Å². The summed E-state index contributed by atoms with van der Waals surface area (Å²) in [5.41, 5.74) is 3.42. The number of ether oxygens (including phenoxy) is 2. The normalized spacial score (nSPS) is 12.0. The van der Waals surface area contributed by atoms with Crippen molar-refractivity contribution in [1.82, 2.24) is 10.7 Å². The van der Waals surface area contributed by atoms with Gasteiger partial charge in [0.05, 0.1) is 34.1 Å². The van der Waals surface area contributed by atoms with Crippen molar-refractivity contribution in [1.29, 1.82) is 0 Å². The van der Waals surface area contributed by atoms with E-state index in [1.807, 2.05) is 26.8 Å². The Balaban J connectivity index is 2.11. The van der Waals surface area contributed by atoms with Gasteiger partial charge in [0.25, 0.3) is 11.8 Å². The average molecular weight is 592 g/mol. The number of amides is 2. The minimum absolute atomic E-state index is 0.188. The molecule has 0 heterocycles. The fraction of sp³-hybridized carbons (Fsp3) is 0.318. The molecule has 0 aliphatic carbocycles. The van der Waals surface area contributed by atoms with Crippen LogP contribution in [-0.4, -0.2) is 37.8 Å². The first kappa shape index (κ1) is 26.2. The van der Waals surface area contributed by atoms with Crippen LogP contribution in [0.1, 0.15) is 36.7 Å². The third-order valence-corrected chi connectivity index (χ3v) is 5.69.